The predicted molar refractivity (Wildman–Crippen MR) is 119 cm³/mol. The number of thioether (sulfide) groups is 1. The number of hydrogen-bond acceptors (Lipinski definition) is 7. The van der Waals surface area contributed by atoms with Gasteiger partial charge in [0.05, 0.1) is 50.5 Å². The van der Waals surface area contributed by atoms with Crippen LogP contribution in [0.1, 0.15) is 17.9 Å². The van der Waals surface area contributed by atoms with Crippen molar-refractivity contribution in [3.8, 4) is 23.3 Å². The standard InChI is InChI=1S/C23H22FN3O4S/c1-29-19-10-21(31-3)20(30-2)8-17(19)16-9-22(28)27-12-26(13-32-23(27)18(16)11-25)15-6-4-14(24)5-7-15/h4-8,10,16H,9,12-13H2,1-3H3/t16-/m1/s1. The number of benzene rings is 2. The summed E-state index contributed by atoms with van der Waals surface area (Å²) < 4.78 is 29.6. The Labute approximate surface area is 190 Å². The highest BCUT2D eigenvalue weighted by Crippen LogP contribution is 2.47. The van der Waals surface area contributed by atoms with Crippen molar-refractivity contribution in [3.05, 3.63) is 58.4 Å². The van der Waals surface area contributed by atoms with Crippen LogP contribution in [0, 0.1) is 17.1 Å². The Kier molecular flexibility index (Phi) is 6.15. The van der Waals surface area contributed by atoms with Crippen LogP contribution in [0.4, 0.5) is 10.1 Å². The Bertz CT molecular complexity index is 1110. The fraction of sp³-hybridized carbons (Fsp3) is 0.304. The molecule has 2 aliphatic rings. The Morgan fingerprint density at radius 1 is 1.06 bits per heavy atom. The number of halogens is 1. The van der Waals surface area contributed by atoms with Crippen molar-refractivity contribution in [3.63, 3.8) is 0 Å². The minimum atomic E-state index is -0.460. The molecule has 0 saturated carbocycles. The first-order chi connectivity index (χ1) is 15.5. The molecule has 2 aromatic carbocycles. The van der Waals surface area contributed by atoms with Gasteiger partial charge in [-0.2, -0.15) is 5.26 Å². The van der Waals surface area contributed by atoms with Crippen molar-refractivity contribution in [1.29, 1.82) is 5.26 Å². The average Bonchev–Trinajstić information content (AvgIpc) is 2.83. The largest absolute Gasteiger partial charge is 0.496 e. The van der Waals surface area contributed by atoms with Crippen LogP contribution in [0.25, 0.3) is 0 Å². The van der Waals surface area contributed by atoms with Crippen LogP contribution in [0.15, 0.2) is 47.0 Å². The summed E-state index contributed by atoms with van der Waals surface area (Å²) in [5, 5.41) is 10.7. The monoisotopic (exact) mass is 455 g/mol. The topological polar surface area (TPSA) is 75.0 Å². The summed E-state index contributed by atoms with van der Waals surface area (Å²) >= 11 is 1.42. The van der Waals surface area contributed by atoms with Crippen molar-refractivity contribution in [1.82, 2.24) is 4.90 Å². The summed E-state index contributed by atoms with van der Waals surface area (Å²) in [6.45, 7) is 0.299. The van der Waals surface area contributed by atoms with Gasteiger partial charge in [-0.1, -0.05) is 11.8 Å². The first-order valence-corrected chi connectivity index (χ1v) is 10.9. The molecule has 166 valence electrons. The summed E-state index contributed by atoms with van der Waals surface area (Å²) in [7, 11) is 4.61. The van der Waals surface area contributed by atoms with Crippen molar-refractivity contribution < 1.29 is 23.4 Å². The highest BCUT2D eigenvalue weighted by Gasteiger charge is 2.39. The highest BCUT2D eigenvalue weighted by molar-refractivity contribution is 8.03. The zero-order valence-electron chi connectivity index (χ0n) is 17.9. The van der Waals surface area contributed by atoms with Crippen molar-refractivity contribution in [2.24, 2.45) is 0 Å². The van der Waals surface area contributed by atoms with E-state index in [-0.39, 0.29) is 18.1 Å². The second-order valence-corrected chi connectivity index (χ2v) is 8.22. The lowest BCUT2D eigenvalue weighted by Gasteiger charge is -2.42. The molecule has 9 heteroatoms. The van der Waals surface area contributed by atoms with Gasteiger partial charge in [0.25, 0.3) is 0 Å². The molecular weight excluding hydrogens is 433 g/mol. The molecular formula is C23H22FN3O4S. The number of carbonyl (C=O) groups is 1. The van der Waals surface area contributed by atoms with Crippen molar-refractivity contribution in [2.45, 2.75) is 12.3 Å². The van der Waals surface area contributed by atoms with Crippen LogP contribution in [-0.4, -0.2) is 44.7 Å². The van der Waals surface area contributed by atoms with E-state index in [1.165, 1.54) is 45.2 Å². The van der Waals surface area contributed by atoms with E-state index in [0.29, 0.717) is 46.0 Å². The van der Waals surface area contributed by atoms with Crippen LogP contribution < -0.4 is 19.1 Å². The van der Waals surface area contributed by atoms with Gasteiger partial charge in [0.15, 0.2) is 11.5 Å². The van der Waals surface area contributed by atoms with Gasteiger partial charge < -0.3 is 19.1 Å². The van der Waals surface area contributed by atoms with E-state index in [2.05, 4.69) is 6.07 Å². The number of nitrogens with zero attached hydrogens (tertiary/aromatic N) is 3. The molecule has 4 rings (SSSR count). The number of allylic oxidation sites excluding steroid dienone is 1. The van der Waals surface area contributed by atoms with E-state index in [1.54, 1.807) is 29.2 Å². The van der Waals surface area contributed by atoms with Gasteiger partial charge >= 0.3 is 0 Å². The third-order valence-electron chi connectivity index (χ3n) is 5.60. The van der Waals surface area contributed by atoms with Crippen LogP contribution in [0.3, 0.4) is 0 Å². The third-order valence-corrected chi connectivity index (χ3v) is 6.75. The predicted octanol–water partition coefficient (Wildman–Crippen LogP) is 4.07. The molecule has 0 radical (unpaired) electrons. The molecule has 2 heterocycles. The van der Waals surface area contributed by atoms with E-state index in [0.717, 1.165) is 5.69 Å². The zero-order chi connectivity index (χ0) is 22.8. The number of nitriles is 1. The number of hydrogen-bond donors (Lipinski definition) is 0. The summed E-state index contributed by atoms with van der Waals surface area (Å²) in [4.78, 5) is 16.8. The summed E-state index contributed by atoms with van der Waals surface area (Å²) in [5.41, 5.74) is 2.02. The molecule has 2 aromatic rings. The zero-order valence-corrected chi connectivity index (χ0v) is 18.7. The van der Waals surface area contributed by atoms with Crippen molar-refractivity contribution >= 4 is 23.4 Å². The number of amides is 1. The van der Waals surface area contributed by atoms with E-state index >= 15 is 0 Å². The lowest BCUT2D eigenvalue weighted by Crippen LogP contribution is -2.47. The number of ether oxygens (including phenoxy) is 3. The van der Waals surface area contributed by atoms with Gasteiger partial charge in [-0.15, -0.1) is 0 Å². The average molecular weight is 456 g/mol. The SMILES string of the molecule is COc1cc(OC)c([C@H]2CC(=O)N3CN(c4ccc(F)cc4)CSC3=C2C#N)cc1OC. The van der Waals surface area contributed by atoms with E-state index < -0.39 is 5.92 Å². The van der Waals surface area contributed by atoms with Gasteiger partial charge in [-0.3, -0.25) is 9.69 Å². The molecule has 1 amide bonds. The Hall–Kier alpha value is -3.38. The number of rotatable bonds is 5. The van der Waals surface area contributed by atoms with Gasteiger partial charge in [0.2, 0.25) is 5.91 Å². The minimum Gasteiger partial charge on any atom is -0.496 e. The molecule has 1 saturated heterocycles. The second kappa shape index (κ2) is 9.01. The molecule has 32 heavy (non-hydrogen) atoms. The molecule has 0 unspecified atom stereocenters. The molecule has 0 spiro atoms. The molecule has 0 aliphatic carbocycles. The molecule has 0 aromatic heterocycles. The lowest BCUT2D eigenvalue weighted by atomic mass is 9.85. The van der Waals surface area contributed by atoms with Gasteiger partial charge in [0.1, 0.15) is 11.6 Å². The Balaban J connectivity index is 1.72. The highest BCUT2D eigenvalue weighted by atomic mass is 32.2. The number of carbonyl (C=O) groups excluding carboxylic acids is 1. The second-order valence-electron chi connectivity index (χ2n) is 7.29. The first-order valence-electron chi connectivity index (χ1n) is 9.88. The van der Waals surface area contributed by atoms with Crippen LogP contribution >= 0.6 is 11.8 Å². The maximum Gasteiger partial charge on any atom is 0.229 e. The van der Waals surface area contributed by atoms with Gasteiger partial charge in [-0.05, 0) is 30.3 Å². The summed E-state index contributed by atoms with van der Waals surface area (Å²) in [6.07, 6.45) is 0.121. The van der Waals surface area contributed by atoms with Crippen LogP contribution in [-0.2, 0) is 4.79 Å². The molecule has 0 N–H and O–H groups in total. The number of methoxy groups -OCH3 is 3. The maximum absolute atomic E-state index is 13.3. The smallest absolute Gasteiger partial charge is 0.229 e. The van der Waals surface area contributed by atoms with E-state index in [4.69, 9.17) is 14.2 Å². The number of anilines is 1. The summed E-state index contributed by atoms with van der Waals surface area (Å²) in [6, 6.07) is 11.9. The molecule has 1 fully saturated rings. The molecule has 1 atom stereocenters. The molecule has 7 nitrogen and oxygen atoms in total. The number of fused-ring (bicyclic) bond motifs is 1. The fourth-order valence-electron chi connectivity index (χ4n) is 3.97. The Morgan fingerprint density at radius 3 is 2.34 bits per heavy atom. The van der Waals surface area contributed by atoms with Gasteiger partial charge in [0, 0.05) is 29.7 Å². The van der Waals surface area contributed by atoms with E-state index in [1.807, 2.05) is 4.90 Å². The normalized spacial score (nSPS) is 18.2. The van der Waals surface area contributed by atoms with Crippen LogP contribution in [0.5, 0.6) is 17.2 Å². The fourth-order valence-corrected chi connectivity index (χ4v) is 5.14. The van der Waals surface area contributed by atoms with Crippen LogP contribution in [0.2, 0.25) is 0 Å². The minimum absolute atomic E-state index is 0.0971. The van der Waals surface area contributed by atoms with Crippen molar-refractivity contribution in [2.75, 3.05) is 38.8 Å². The van der Waals surface area contributed by atoms with Gasteiger partial charge in [-0.25, -0.2) is 4.39 Å². The Morgan fingerprint density at radius 2 is 1.72 bits per heavy atom. The quantitative estimate of drug-likeness (QED) is 0.673. The lowest BCUT2D eigenvalue weighted by molar-refractivity contribution is -0.129. The molecule has 2 aliphatic heterocycles. The maximum atomic E-state index is 13.3. The summed E-state index contributed by atoms with van der Waals surface area (Å²) in [5.74, 6) is 1.19. The third kappa shape index (κ3) is 3.82. The first kappa shape index (κ1) is 21.8. The van der Waals surface area contributed by atoms with E-state index in [9.17, 15) is 14.4 Å². The molecule has 0 bridgehead atoms.